The number of likely N-dealkylation sites (N-methyl/N-ethyl adjacent to an activating group) is 1. The monoisotopic (exact) mass is 548 g/mol. The third-order valence-electron chi connectivity index (χ3n) is 6.69. The normalized spacial score (nSPS) is 15.4. The fraction of sp³-hybridized carbons (Fsp3) is 0.308. The van der Waals surface area contributed by atoms with E-state index >= 15 is 0 Å². The van der Waals surface area contributed by atoms with Crippen molar-refractivity contribution < 1.29 is 19.5 Å². The Balaban J connectivity index is 1.53. The zero-order valence-corrected chi connectivity index (χ0v) is 22.2. The molecule has 12 nitrogen and oxygen atoms in total. The van der Waals surface area contributed by atoms with Crippen molar-refractivity contribution in [1.82, 2.24) is 35.5 Å². The Bertz CT molecular complexity index is 1520. The molecule has 0 saturated carbocycles. The van der Waals surface area contributed by atoms with E-state index in [1.807, 2.05) is 41.6 Å². The third kappa shape index (κ3) is 5.39. The topological polar surface area (TPSA) is 154 Å². The Morgan fingerprint density at radius 2 is 2.05 bits per heavy atom. The molecule has 4 N–H and O–H groups in total. The van der Waals surface area contributed by atoms with Crippen LogP contribution in [0.4, 0.5) is 10.6 Å². The van der Waals surface area contributed by atoms with Gasteiger partial charge in [-0.25, -0.2) is 19.3 Å². The molecule has 0 bridgehead atoms. The Kier molecular flexibility index (Phi) is 7.41. The average Bonchev–Trinajstić information content (AvgIpc) is 3.60. The van der Waals surface area contributed by atoms with Crippen LogP contribution in [0.2, 0.25) is 0 Å². The summed E-state index contributed by atoms with van der Waals surface area (Å²) in [7, 11) is 1.59. The molecule has 1 saturated heterocycles. The zero-order chi connectivity index (χ0) is 27.5. The summed E-state index contributed by atoms with van der Waals surface area (Å²) in [4.78, 5) is 49.2. The Labute approximate surface area is 228 Å². The lowest BCUT2D eigenvalue weighted by molar-refractivity contribution is -0.123. The van der Waals surface area contributed by atoms with E-state index in [4.69, 9.17) is 15.1 Å². The van der Waals surface area contributed by atoms with E-state index in [1.165, 1.54) is 0 Å². The fourth-order valence-corrected chi connectivity index (χ4v) is 5.13. The largest absolute Gasteiger partial charge is 0.465 e. The van der Waals surface area contributed by atoms with Crippen LogP contribution in [0.25, 0.3) is 27.5 Å². The predicted octanol–water partition coefficient (Wildman–Crippen LogP) is 2.62. The highest BCUT2D eigenvalue weighted by molar-refractivity contribution is 7.13. The molecule has 1 aliphatic rings. The van der Waals surface area contributed by atoms with E-state index in [-0.39, 0.29) is 24.4 Å². The maximum Gasteiger partial charge on any atom is 0.404 e. The highest BCUT2D eigenvalue weighted by Crippen LogP contribution is 2.31. The van der Waals surface area contributed by atoms with E-state index in [9.17, 15) is 14.4 Å². The van der Waals surface area contributed by atoms with Crippen molar-refractivity contribution in [2.75, 3.05) is 25.0 Å². The lowest BCUT2D eigenvalue weighted by Gasteiger charge is -2.40. The molecule has 1 fully saturated rings. The number of nitrogens with zero attached hydrogens (tertiary/aromatic N) is 5. The van der Waals surface area contributed by atoms with Crippen molar-refractivity contribution >= 4 is 40.7 Å². The van der Waals surface area contributed by atoms with Crippen molar-refractivity contribution in [2.45, 2.75) is 31.8 Å². The number of carbonyl (C=O) groups excluding carboxylic acids is 2. The van der Waals surface area contributed by atoms with Crippen molar-refractivity contribution in [3.05, 3.63) is 53.7 Å². The second kappa shape index (κ2) is 11.1. The van der Waals surface area contributed by atoms with Crippen LogP contribution in [0.15, 0.2) is 48.1 Å². The van der Waals surface area contributed by atoms with E-state index in [1.54, 1.807) is 41.2 Å². The number of carboxylic acid groups (broad SMARTS) is 1. The average molecular weight is 549 g/mol. The van der Waals surface area contributed by atoms with Crippen molar-refractivity contribution in [2.24, 2.45) is 0 Å². The minimum absolute atomic E-state index is 0.122. The van der Waals surface area contributed by atoms with Gasteiger partial charge in [-0.05, 0) is 42.5 Å². The number of anilines is 1. The number of pyridine rings is 1. The smallest absolute Gasteiger partial charge is 0.404 e. The van der Waals surface area contributed by atoms with Gasteiger partial charge in [0.2, 0.25) is 5.91 Å². The molecule has 2 atom stereocenters. The number of nitrogens with one attached hydrogen (secondary N) is 3. The van der Waals surface area contributed by atoms with Crippen molar-refractivity contribution in [1.29, 1.82) is 0 Å². The molecule has 0 spiro atoms. The standard InChI is InChI=1S/C26H28N8O4S/c1-3-16(30-26(37)38)13-28-24(35)15-11-19(31-22(12-15)33-8-7-20(33)25(36)27-2)17-14-29-34-9-6-18(32-23(17)34)21-5-4-10-39-21/h4-6,9-12,14,16,20,30H,3,7-8,13H2,1-2H3,(H,27,36)(H,28,35)(H,37,38). The number of thiophene rings is 1. The van der Waals surface area contributed by atoms with Gasteiger partial charge >= 0.3 is 6.09 Å². The molecule has 4 aromatic rings. The van der Waals surface area contributed by atoms with Crippen molar-refractivity contribution in [3.63, 3.8) is 0 Å². The van der Waals surface area contributed by atoms with Gasteiger partial charge in [0.15, 0.2) is 5.65 Å². The number of rotatable bonds is 9. The number of hydrogen-bond acceptors (Lipinski definition) is 8. The Morgan fingerprint density at radius 3 is 2.72 bits per heavy atom. The molecule has 39 heavy (non-hydrogen) atoms. The first-order chi connectivity index (χ1) is 18.9. The molecule has 0 radical (unpaired) electrons. The summed E-state index contributed by atoms with van der Waals surface area (Å²) in [6.07, 6.45) is 3.53. The number of hydrogen-bond donors (Lipinski definition) is 4. The highest BCUT2D eigenvalue weighted by atomic mass is 32.1. The molecule has 0 aliphatic carbocycles. The van der Waals surface area contributed by atoms with Gasteiger partial charge in [0, 0.05) is 37.9 Å². The summed E-state index contributed by atoms with van der Waals surface area (Å²) >= 11 is 1.58. The summed E-state index contributed by atoms with van der Waals surface area (Å²) in [5, 5.41) is 23.4. The molecule has 0 aromatic carbocycles. The molecule has 3 amide bonds. The molecule has 202 valence electrons. The minimum atomic E-state index is -1.15. The molecule has 1 aliphatic heterocycles. The summed E-state index contributed by atoms with van der Waals surface area (Å²) in [6.45, 7) is 2.58. The lowest BCUT2D eigenvalue weighted by atomic mass is 10.0. The van der Waals surface area contributed by atoms with Crippen LogP contribution in [-0.4, -0.2) is 74.8 Å². The van der Waals surface area contributed by atoms with Gasteiger partial charge in [-0.1, -0.05) is 13.0 Å². The van der Waals surface area contributed by atoms with E-state index < -0.39 is 12.1 Å². The quantitative estimate of drug-likeness (QED) is 0.249. The van der Waals surface area contributed by atoms with Crippen LogP contribution in [0, 0.1) is 0 Å². The van der Waals surface area contributed by atoms with Crippen LogP contribution in [0.1, 0.15) is 30.1 Å². The van der Waals surface area contributed by atoms with Gasteiger partial charge in [-0.3, -0.25) is 9.59 Å². The lowest BCUT2D eigenvalue weighted by Crippen LogP contribution is -2.56. The summed E-state index contributed by atoms with van der Waals surface area (Å²) in [5.41, 5.74) is 2.84. The number of carbonyl (C=O) groups is 3. The van der Waals surface area contributed by atoms with Crippen molar-refractivity contribution in [3.8, 4) is 21.8 Å². The predicted molar refractivity (Wildman–Crippen MR) is 147 cm³/mol. The maximum atomic E-state index is 13.3. The Morgan fingerprint density at radius 1 is 1.21 bits per heavy atom. The molecule has 2 unspecified atom stereocenters. The Hall–Kier alpha value is -4.52. The molecule has 5 rings (SSSR count). The van der Waals surface area contributed by atoms with Crippen LogP contribution >= 0.6 is 11.3 Å². The van der Waals surface area contributed by atoms with Crippen LogP contribution < -0.4 is 20.9 Å². The number of fused-ring (bicyclic) bond motifs is 1. The number of aromatic nitrogens is 4. The van der Waals surface area contributed by atoms with Gasteiger partial charge in [0.25, 0.3) is 5.91 Å². The van der Waals surface area contributed by atoms with Gasteiger partial charge in [0.05, 0.1) is 28.0 Å². The summed E-state index contributed by atoms with van der Waals surface area (Å²) < 4.78 is 1.65. The third-order valence-corrected chi connectivity index (χ3v) is 7.58. The highest BCUT2D eigenvalue weighted by Gasteiger charge is 2.35. The van der Waals surface area contributed by atoms with Crippen LogP contribution in [0.5, 0.6) is 0 Å². The number of amides is 3. The van der Waals surface area contributed by atoms with Crippen LogP contribution in [-0.2, 0) is 4.79 Å². The van der Waals surface area contributed by atoms with E-state index in [0.717, 1.165) is 10.6 Å². The molecular formula is C26H28N8O4S. The van der Waals surface area contributed by atoms with Gasteiger partial charge in [-0.15, -0.1) is 11.3 Å². The first-order valence-corrected chi connectivity index (χ1v) is 13.4. The van der Waals surface area contributed by atoms with Crippen LogP contribution in [0.3, 0.4) is 0 Å². The summed E-state index contributed by atoms with van der Waals surface area (Å²) in [6, 6.07) is 8.34. The fourth-order valence-electron chi connectivity index (χ4n) is 4.43. The molecule has 4 aromatic heterocycles. The first-order valence-electron chi connectivity index (χ1n) is 12.5. The molecule has 5 heterocycles. The summed E-state index contributed by atoms with van der Waals surface area (Å²) in [5.74, 6) is -0.0172. The molecular weight excluding hydrogens is 520 g/mol. The van der Waals surface area contributed by atoms with E-state index in [0.29, 0.717) is 47.7 Å². The molecule has 13 heteroatoms. The van der Waals surface area contributed by atoms with Gasteiger partial charge in [-0.2, -0.15) is 5.10 Å². The minimum Gasteiger partial charge on any atom is -0.465 e. The first kappa shape index (κ1) is 26.1. The van der Waals surface area contributed by atoms with Gasteiger partial charge in [0.1, 0.15) is 11.9 Å². The SMILES string of the molecule is CCC(CNC(=O)c1cc(-c2cnn3ccc(-c4cccs4)nc23)nc(N2CCC2C(=O)NC)c1)NC(=O)O. The zero-order valence-electron chi connectivity index (χ0n) is 21.4. The maximum absolute atomic E-state index is 13.3. The second-order valence-corrected chi connectivity index (χ2v) is 10.0. The second-order valence-electron chi connectivity index (χ2n) is 9.09. The van der Waals surface area contributed by atoms with E-state index in [2.05, 4.69) is 21.0 Å². The van der Waals surface area contributed by atoms with Gasteiger partial charge < -0.3 is 26.0 Å².